The van der Waals surface area contributed by atoms with Gasteiger partial charge in [0.1, 0.15) is 5.56 Å². The summed E-state index contributed by atoms with van der Waals surface area (Å²) >= 11 is 0. The van der Waals surface area contributed by atoms with Gasteiger partial charge in [-0.05, 0) is 12.3 Å². The lowest BCUT2D eigenvalue weighted by molar-refractivity contribution is -0.150. The molecule has 3 N–H and O–H groups in total. The number of nitrogens with zero attached hydrogens (tertiary/aromatic N) is 1. The van der Waals surface area contributed by atoms with E-state index < -0.39 is 28.5 Å². The molecule has 0 bridgehead atoms. The van der Waals surface area contributed by atoms with Gasteiger partial charge in [0.15, 0.2) is 0 Å². The Balaban J connectivity index is 2.29. The van der Waals surface area contributed by atoms with Crippen LogP contribution in [0.25, 0.3) is 0 Å². The van der Waals surface area contributed by atoms with E-state index in [4.69, 9.17) is 0 Å². The van der Waals surface area contributed by atoms with Crippen LogP contribution in [-0.2, 0) is 4.79 Å². The van der Waals surface area contributed by atoms with E-state index in [0.717, 1.165) is 6.20 Å². The number of hydrogen-bond donors (Lipinski definition) is 3. The summed E-state index contributed by atoms with van der Waals surface area (Å²) in [5.74, 6) is -1.65. The predicted octanol–water partition coefficient (Wildman–Crippen LogP) is -0.364. The van der Waals surface area contributed by atoms with E-state index in [1.54, 1.807) is 13.8 Å². The predicted molar refractivity (Wildman–Crippen MR) is 73.1 cm³/mol. The molecule has 0 radical (unpaired) electrons. The summed E-state index contributed by atoms with van der Waals surface area (Å²) in [5, 5.41) is 9.44. The fraction of sp³-hybridized carbons (Fsp3) is 0.538. The van der Waals surface area contributed by atoms with E-state index in [-0.39, 0.29) is 24.6 Å². The quantitative estimate of drug-likeness (QED) is 0.702. The van der Waals surface area contributed by atoms with Gasteiger partial charge in [-0.3, -0.25) is 19.4 Å². The lowest BCUT2D eigenvalue weighted by Gasteiger charge is -2.28. The monoisotopic (exact) mass is 295 g/mol. The molecule has 1 fully saturated rings. The zero-order chi connectivity index (χ0) is 15.8. The number of carbonyl (C=O) groups excluding carboxylic acids is 1. The third-order valence-electron chi connectivity index (χ3n) is 4.17. The summed E-state index contributed by atoms with van der Waals surface area (Å²) in [5.41, 5.74) is -2.66. The minimum Gasteiger partial charge on any atom is -0.481 e. The van der Waals surface area contributed by atoms with Crippen molar-refractivity contribution in [3.63, 3.8) is 0 Å². The number of nitrogens with one attached hydrogen (secondary N) is 2. The number of H-pyrrole nitrogens is 2. The summed E-state index contributed by atoms with van der Waals surface area (Å²) in [6.45, 7) is 3.92. The second-order valence-electron chi connectivity index (χ2n) is 5.58. The van der Waals surface area contributed by atoms with E-state index in [0.29, 0.717) is 6.42 Å². The molecule has 8 nitrogen and oxygen atoms in total. The Bertz CT molecular complexity index is 690. The zero-order valence-corrected chi connectivity index (χ0v) is 11.8. The molecule has 1 unspecified atom stereocenters. The van der Waals surface area contributed by atoms with E-state index in [1.165, 1.54) is 4.90 Å². The molecule has 2 rings (SSSR count). The minimum atomic E-state index is -0.995. The third kappa shape index (κ3) is 2.48. The van der Waals surface area contributed by atoms with Crippen LogP contribution < -0.4 is 11.2 Å². The lowest BCUT2D eigenvalue weighted by atomic mass is 9.76. The van der Waals surface area contributed by atoms with Gasteiger partial charge in [0.25, 0.3) is 11.5 Å². The lowest BCUT2D eigenvalue weighted by Crippen LogP contribution is -2.42. The molecule has 1 aliphatic heterocycles. The van der Waals surface area contributed by atoms with Crippen molar-refractivity contribution in [2.75, 3.05) is 13.1 Å². The molecule has 1 aromatic heterocycles. The summed E-state index contributed by atoms with van der Waals surface area (Å²) < 4.78 is 0. The van der Waals surface area contributed by atoms with Gasteiger partial charge in [-0.25, -0.2) is 4.79 Å². The van der Waals surface area contributed by atoms with Crippen LogP contribution in [0.1, 0.15) is 30.6 Å². The van der Waals surface area contributed by atoms with Crippen molar-refractivity contribution in [2.45, 2.75) is 20.3 Å². The molecule has 8 heteroatoms. The van der Waals surface area contributed by atoms with Crippen molar-refractivity contribution in [1.82, 2.24) is 14.9 Å². The molecular weight excluding hydrogens is 278 g/mol. The Morgan fingerprint density at radius 1 is 1.38 bits per heavy atom. The highest BCUT2D eigenvalue weighted by Crippen LogP contribution is 2.38. The van der Waals surface area contributed by atoms with E-state index in [1.807, 2.05) is 4.98 Å². The van der Waals surface area contributed by atoms with Crippen LogP contribution in [0.3, 0.4) is 0 Å². The number of rotatable bonds is 3. The second kappa shape index (κ2) is 5.19. The number of aliphatic carboxylic acids is 1. The molecule has 0 saturated carbocycles. The molecular formula is C13H17N3O5. The first-order chi connectivity index (χ1) is 9.78. The zero-order valence-electron chi connectivity index (χ0n) is 11.8. The molecule has 1 saturated heterocycles. The molecule has 0 aromatic carbocycles. The summed E-state index contributed by atoms with van der Waals surface area (Å²) in [6.07, 6.45) is 1.40. The summed E-state index contributed by atoms with van der Waals surface area (Å²) in [6, 6.07) is 0. The van der Waals surface area contributed by atoms with Gasteiger partial charge in [-0.1, -0.05) is 13.8 Å². The van der Waals surface area contributed by atoms with E-state index in [2.05, 4.69) is 4.98 Å². The van der Waals surface area contributed by atoms with Gasteiger partial charge in [-0.15, -0.1) is 0 Å². The third-order valence-corrected chi connectivity index (χ3v) is 4.17. The Morgan fingerprint density at radius 2 is 2.05 bits per heavy atom. The molecule has 0 spiro atoms. The van der Waals surface area contributed by atoms with Crippen LogP contribution >= 0.6 is 0 Å². The van der Waals surface area contributed by atoms with Gasteiger partial charge in [0.2, 0.25) is 0 Å². The molecule has 114 valence electrons. The molecule has 1 amide bonds. The fourth-order valence-electron chi connectivity index (χ4n) is 2.64. The summed E-state index contributed by atoms with van der Waals surface area (Å²) in [7, 11) is 0. The minimum absolute atomic E-state index is 0.0530. The molecule has 1 aromatic rings. The number of likely N-dealkylation sites (tertiary alicyclic amines) is 1. The standard InChI is InChI=1S/C13H17N3O5/c1-7(2)13(11(19)20)3-4-16(6-13)10(18)8-5-14-12(21)15-9(8)17/h5,7H,3-4,6H2,1-2H3,(H,19,20)(H2,14,15,17,21). The number of carboxylic acids is 1. The molecule has 1 aliphatic rings. The Hall–Kier alpha value is -2.38. The van der Waals surface area contributed by atoms with Crippen molar-refractivity contribution in [3.05, 3.63) is 32.6 Å². The van der Waals surface area contributed by atoms with Crippen molar-refractivity contribution in [1.29, 1.82) is 0 Å². The first-order valence-corrected chi connectivity index (χ1v) is 6.62. The van der Waals surface area contributed by atoms with Crippen LogP contribution in [0.4, 0.5) is 0 Å². The Kier molecular flexibility index (Phi) is 3.71. The largest absolute Gasteiger partial charge is 0.481 e. The number of carbonyl (C=O) groups is 2. The van der Waals surface area contributed by atoms with Gasteiger partial charge >= 0.3 is 11.7 Å². The fourth-order valence-corrected chi connectivity index (χ4v) is 2.64. The van der Waals surface area contributed by atoms with Gasteiger partial charge in [0.05, 0.1) is 5.41 Å². The maximum atomic E-state index is 12.3. The van der Waals surface area contributed by atoms with Gasteiger partial charge < -0.3 is 15.0 Å². The maximum absolute atomic E-state index is 12.3. The Labute approximate surface area is 119 Å². The highest BCUT2D eigenvalue weighted by atomic mass is 16.4. The average molecular weight is 295 g/mol. The first kappa shape index (κ1) is 15.0. The van der Waals surface area contributed by atoms with Crippen molar-refractivity contribution in [3.8, 4) is 0 Å². The number of amides is 1. The van der Waals surface area contributed by atoms with Crippen LogP contribution in [0.2, 0.25) is 0 Å². The molecule has 1 atom stereocenters. The topological polar surface area (TPSA) is 123 Å². The van der Waals surface area contributed by atoms with Crippen molar-refractivity contribution < 1.29 is 14.7 Å². The maximum Gasteiger partial charge on any atom is 0.325 e. The van der Waals surface area contributed by atoms with Crippen LogP contribution in [0, 0.1) is 11.3 Å². The first-order valence-electron chi connectivity index (χ1n) is 6.62. The number of aromatic nitrogens is 2. The highest BCUT2D eigenvalue weighted by molar-refractivity contribution is 5.94. The van der Waals surface area contributed by atoms with Gasteiger partial charge in [-0.2, -0.15) is 0 Å². The number of aromatic amines is 2. The highest BCUT2D eigenvalue weighted by Gasteiger charge is 2.48. The number of carboxylic acid groups (broad SMARTS) is 1. The molecule has 21 heavy (non-hydrogen) atoms. The smallest absolute Gasteiger partial charge is 0.325 e. The van der Waals surface area contributed by atoms with Crippen molar-refractivity contribution >= 4 is 11.9 Å². The van der Waals surface area contributed by atoms with E-state index >= 15 is 0 Å². The number of hydrogen-bond acceptors (Lipinski definition) is 4. The van der Waals surface area contributed by atoms with Crippen LogP contribution in [0.15, 0.2) is 15.8 Å². The Morgan fingerprint density at radius 3 is 2.52 bits per heavy atom. The normalized spacial score (nSPS) is 21.8. The van der Waals surface area contributed by atoms with Crippen molar-refractivity contribution in [2.24, 2.45) is 11.3 Å². The average Bonchev–Trinajstić information content (AvgIpc) is 2.84. The summed E-state index contributed by atoms with van der Waals surface area (Å²) in [4.78, 5) is 52.0. The van der Waals surface area contributed by atoms with Gasteiger partial charge in [0, 0.05) is 19.3 Å². The SMILES string of the molecule is CC(C)C1(C(=O)O)CCN(C(=O)c2c[nH]c(=O)[nH]c2=O)C1. The van der Waals surface area contributed by atoms with Crippen LogP contribution in [0.5, 0.6) is 0 Å². The van der Waals surface area contributed by atoms with E-state index in [9.17, 15) is 24.3 Å². The molecule has 0 aliphatic carbocycles. The van der Waals surface area contributed by atoms with Crippen LogP contribution in [-0.4, -0.2) is 44.9 Å². The molecule has 2 heterocycles. The second-order valence-corrected chi connectivity index (χ2v) is 5.58.